The average Bonchev–Trinajstić information content (AvgIpc) is 3.32. The normalized spacial score (nSPS) is 11.4. The lowest BCUT2D eigenvalue weighted by molar-refractivity contribution is -0.137. The highest BCUT2D eigenvalue weighted by atomic mass is 32.1. The zero-order chi connectivity index (χ0) is 19.3. The summed E-state index contributed by atoms with van der Waals surface area (Å²) in [6, 6.07) is 9.78. The van der Waals surface area contributed by atoms with Crippen LogP contribution in [0.2, 0.25) is 0 Å². The van der Waals surface area contributed by atoms with Gasteiger partial charge in [-0.15, -0.1) is 11.3 Å². The molecule has 3 aromatic rings. The molecule has 0 radical (unpaired) electrons. The van der Waals surface area contributed by atoms with E-state index in [1.54, 1.807) is 22.3 Å². The highest BCUT2D eigenvalue weighted by Gasteiger charge is 2.30. The van der Waals surface area contributed by atoms with E-state index in [-0.39, 0.29) is 5.69 Å². The zero-order valence-corrected chi connectivity index (χ0v) is 15.0. The topological polar surface area (TPSA) is 45.5 Å². The molecule has 1 N–H and O–H groups in total. The first-order chi connectivity index (χ1) is 12.9. The van der Waals surface area contributed by atoms with Crippen molar-refractivity contribution < 1.29 is 22.4 Å². The van der Waals surface area contributed by atoms with Crippen LogP contribution in [0.15, 0.2) is 64.8 Å². The molecule has 2 heterocycles. The second kappa shape index (κ2) is 8.30. The highest BCUT2D eigenvalue weighted by Crippen LogP contribution is 2.30. The molecule has 3 rings (SSSR count). The van der Waals surface area contributed by atoms with E-state index in [4.69, 9.17) is 4.42 Å². The molecule has 142 valence electrons. The maximum Gasteiger partial charge on any atom is 0.416 e. The van der Waals surface area contributed by atoms with Crippen molar-refractivity contribution in [2.24, 2.45) is 0 Å². The Morgan fingerprint density at radius 3 is 2.70 bits per heavy atom. The van der Waals surface area contributed by atoms with E-state index in [1.165, 1.54) is 24.7 Å². The lowest BCUT2D eigenvalue weighted by atomic mass is 10.2. The van der Waals surface area contributed by atoms with Crippen LogP contribution in [0.25, 0.3) is 0 Å². The Morgan fingerprint density at radius 2 is 2.04 bits per heavy atom. The number of carbonyl (C=O) groups is 1. The number of carbonyl (C=O) groups excluding carboxylic acids is 1. The number of alkyl halides is 3. The minimum absolute atomic E-state index is 0.100. The number of halogens is 3. The lowest BCUT2D eigenvalue weighted by Gasteiger charge is -2.22. The van der Waals surface area contributed by atoms with Gasteiger partial charge in [-0.1, -0.05) is 12.1 Å². The lowest BCUT2D eigenvalue weighted by Crippen LogP contribution is -2.36. The molecule has 0 atom stereocenters. The van der Waals surface area contributed by atoms with E-state index in [0.29, 0.717) is 19.5 Å². The van der Waals surface area contributed by atoms with Gasteiger partial charge in [0.15, 0.2) is 0 Å². The molecule has 0 fully saturated rings. The summed E-state index contributed by atoms with van der Waals surface area (Å²) in [4.78, 5) is 15.3. The van der Waals surface area contributed by atoms with Gasteiger partial charge < -0.3 is 14.6 Å². The van der Waals surface area contributed by atoms with E-state index in [2.05, 4.69) is 5.32 Å². The van der Waals surface area contributed by atoms with Crippen molar-refractivity contribution in [1.82, 2.24) is 4.90 Å². The van der Waals surface area contributed by atoms with Crippen molar-refractivity contribution in [2.75, 3.05) is 11.9 Å². The summed E-state index contributed by atoms with van der Waals surface area (Å²) >= 11 is 1.59. The number of urea groups is 1. The molecule has 1 aromatic carbocycles. The summed E-state index contributed by atoms with van der Waals surface area (Å²) in [7, 11) is 0. The Balaban J connectivity index is 1.71. The van der Waals surface area contributed by atoms with Crippen LogP contribution < -0.4 is 5.32 Å². The number of hydrogen-bond donors (Lipinski definition) is 1. The predicted octanol–water partition coefficient (Wildman–Crippen LogP) is 5.64. The quantitative estimate of drug-likeness (QED) is 0.588. The van der Waals surface area contributed by atoms with Gasteiger partial charge in [0.25, 0.3) is 0 Å². The molecule has 4 nitrogen and oxygen atoms in total. The van der Waals surface area contributed by atoms with E-state index in [9.17, 15) is 18.0 Å². The van der Waals surface area contributed by atoms with Crippen LogP contribution in [-0.4, -0.2) is 17.5 Å². The molecule has 0 saturated heterocycles. The number of rotatable bonds is 6. The van der Waals surface area contributed by atoms with E-state index in [1.807, 2.05) is 17.5 Å². The van der Waals surface area contributed by atoms with E-state index in [0.717, 1.165) is 22.6 Å². The van der Waals surface area contributed by atoms with Gasteiger partial charge in [0.1, 0.15) is 0 Å². The molecule has 27 heavy (non-hydrogen) atoms. The molecule has 8 heteroatoms. The number of hydrogen-bond acceptors (Lipinski definition) is 3. The van der Waals surface area contributed by atoms with Crippen molar-refractivity contribution in [3.05, 3.63) is 76.4 Å². The summed E-state index contributed by atoms with van der Waals surface area (Å²) in [5, 5.41) is 4.51. The molecule has 0 bridgehead atoms. The van der Waals surface area contributed by atoms with Crippen LogP contribution in [0.1, 0.15) is 16.0 Å². The van der Waals surface area contributed by atoms with Crippen molar-refractivity contribution in [3.8, 4) is 0 Å². The fourth-order valence-corrected chi connectivity index (χ4v) is 3.23. The van der Waals surface area contributed by atoms with E-state index < -0.39 is 17.8 Å². The Kier molecular flexibility index (Phi) is 5.85. The summed E-state index contributed by atoms with van der Waals surface area (Å²) < 4.78 is 43.6. The first-order valence-electron chi connectivity index (χ1n) is 8.18. The third-order valence-corrected chi connectivity index (χ3v) is 4.83. The highest BCUT2D eigenvalue weighted by molar-refractivity contribution is 7.09. The Hall–Kier alpha value is -2.74. The molecule has 0 spiro atoms. The molecule has 0 aliphatic rings. The van der Waals surface area contributed by atoms with Crippen LogP contribution in [0.4, 0.5) is 23.7 Å². The Labute approximate surface area is 158 Å². The molecule has 2 amide bonds. The Bertz CT molecular complexity index is 861. The number of benzene rings is 1. The minimum Gasteiger partial charge on any atom is -0.472 e. The van der Waals surface area contributed by atoms with Crippen molar-refractivity contribution in [2.45, 2.75) is 19.1 Å². The second-order valence-electron chi connectivity index (χ2n) is 5.89. The number of amides is 2. The molecule has 0 aliphatic heterocycles. The van der Waals surface area contributed by atoms with E-state index >= 15 is 0 Å². The largest absolute Gasteiger partial charge is 0.472 e. The van der Waals surface area contributed by atoms with Gasteiger partial charge in [-0.25, -0.2) is 4.79 Å². The number of nitrogens with one attached hydrogen (secondary N) is 1. The van der Waals surface area contributed by atoms with Crippen LogP contribution in [0.3, 0.4) is 0 Å². The van der Waals surface area contributed by atoms with Crippen LogP contribution >= 0.6 is 11.3 Å². The third-order valence-electron chi connectivity index (χ3n) is 3.89. The monoisotopic (exact) mass is 394 g/mol. The number of furan rings is 1. The maximum atomic E-state index is 12.9. The Morgan fingerprint density at radius 1 is 1.19 bits per heavy atom. The molecular formula is C19H17F3N2O2S. The average molecular weight is 394 g/mol. The SMILES string of the molecule is O=C(Nc1cccc(C(F)(F)F)c1)N(CCc1cccs1)Cc1ccoc1. The summed E-state index contributed by atoms with van der Waals surface area (Å²) in [5.74, 6) is 0. The van der Waals surface area contributed by atoms with Crippen molar-refractivity contribution >= 4 is 23.1 Å². The number of nitrogens with zero attached hydrogens (tertiary/aromatic N) is 1. The summed E-state index contributed by atoms with van der Waals surface area (Å²) in [5.41, 5.74) is 0.101. The standard InChI is InChI=1S/C19H17F3N2O2S/c20-19(21,22)15-3-1-4-16(11-15)23-18(25)24(12-14-7-9-26-13-14)8-6-17-5-2-10-27-17/h1-5,7,9-11,13H,6,8,12H2,(H,23,25). The fraction of sp³-hybridized carbons (Fsp3) is 0.211. The van der Waals surface area contributed by atoms with Gasteiger partial charge >= 0.3 is 12.2 Å². The van der Waals surface area contributed by atoms with Gasteiger partial charge in [0.2, 0.25) is 0 Å². The zero-order valence-electron chi connectivity index (χ0n) is 14.2. The number of anilines is 1. The molecule has 0 aliphatic carbocycles. The fourth-order valence-electron chi connectivity index (χ4n) is 2.53. The predicted molar refractivity (Wildman–Crippen MR) is 97.6 cm³/mol. The number of thiophene rings is 1. The smallest absolute Gasteiger partial charge is 0.416 e. The maximum absolute atomic E-state index is 12.9. The molecule has 2 aromatic heterocycles. The van der Waals surface area contributed by atoms with Crippen molar-refractivity contribution in [3.63, 3.8) is 0 Å². The molecular weight excluding hydrogens is 377 g/mol. The van der Waals surface area contributed by atoms with Crippen LogP contribution in [-0.2, 0) is 19.1 Å². The minimum atomic E-state index is -4.46. The first kappa shape index (κ1) is 19.0. The van der Waals surface area contributed by atoms with Gasteiger partial charge in [0, 0.05) is 22.7 Å². The first-order valence-corrected chi connectivity index (χ1v) is 9.06. The van der Waals surface area contributed by atoms with Gasteiger partial charge in [-0.05, 0) is 42.1 Å². The molecule has 0 unspecified atom stereocenters. The van der Waals surface area contributed by atoms with Gasteiger partial charge in [-0.3, -0.25) is 0 Å². The van der Waals surface area contributed by atoms with Crippen molar-refractivity contribution in [1.29, 1.82) is 0 Å². The summed E-state index contributed by atoms with van der Waals surface area (Å²) in [6.07, 6.45) is -0.755. The van der Waals surface area contributed by atoms with Crippen LogP contribution in [0.5, 0.6) is 0 Å². The third kappa shape index (κ3) is 5.37. The molecule has 0 saturated carbocycles. The van der Waals surface area contributed by atoms with Crippen LogP contribution in [0, 0.1) is 0 Å². The van der Waals surface area contributed by atoms with Gasteiger partial charge in [0.05, 0.1) is 24.6 Å². The second-order valence-corrected chi connectivity index (χ2v) is 6.92. The summed E-state index contributed by atoms with van der Waals surface area (Å²) in [6.45, 7) is 0.725. The van der Waals surface area contributed by atoms with Gasteiger partial charge in [-0.2, -0.15) is 13.2 Å².